The van der Waals surface area contributed by atoms with Gasteiger partial charge < -0.3 is 36.1 Å². The average Bonchev–Trinajstić information content (AvgIpc) is 3.10. The molecule has 0 bridgehead atoms. The fourth-order valence-corrected chi connectivity index (χ4v) is 6.21. The van der Waals surface area contributed by atoms with Gasteiger partial charge in [-0.05, 0) is 60.4 Å². The number of aromatic carboxylic acids is 1. The number of nitrogens with two attached hydrogens (primary N) is 1. The molecule has 6 N–H and O–H groups in total. The smallest absolute Gasteiger partial charge is 0.338 e. The number of nitrogens with one attached hydrogen (secondary N) is 2. The number of carboxylic acids is 1. The Morgan fingerprint density at radius 1 is 0.854 bits per heavy atom. The number of aliphatic hydroxyl groups excluding tert-OH is 1. The van der Waals surface area contributed by atoms with E-state index < -0.39 is 12.3 Å². The van der Waals surface area contributed by atoms with E-state index in [4.69, 9.17) is 15.2 Å². The Kier molecular flexibility index (Phi) is 12.2. The minimum Gasteiger partial charge on any atom is -0.478 e. The third-order valence-electron chi connectivity index (χ3n) is 7.78. The fourth-order valence-electron chi connectivity index (χ4n) is 5.20. The first-order chi connectivity index (χ1) is 23.3. The van der Waals surface area contributed by atoms with Gasteiger partial charge >= 0.3 is 5.97 Å². The number of carboxylic acid groups (broad SMARTS) is 1. The summed E-state index contributed by atoms with van der Waals surface area (Å²) in [6.07, 6.45) is 2.46. The molecule has 250 valence electrons. The van der Waals surface area contributed by atoms with Crippen LogP contribution in [0.5, 0.6) is 0 Å². The number of pyridine rings is 1. The molecule has 0 spiro atoms. The zero-order chi connectivity index (χ0) is 33.9. The predicted molar refractivity (Wildman–Crippen MR) is 183 cm³/mol. The first-order valence-electron chi connectivity index (χ1n) is 15.6. The van der Waals surface area contributed by atoms with E-state index in [1.165, 1.54) is 17.8 Å². The quantitative estimate of drug-likeness (QED) is 0.0580. The third-order valence-corrected chi connectivity index (χ3v) is 8.92. The minimum absolute atomic E-state index is 0.0580. The van der Waals surface area contributed by atoms with Crippen LogP contribution in [0.2, 0.25) is 0 Å². The highest BCUT2D eigenvalue weighted by molar-refractivity contribution is 7.99. The molecule has 1 aliphatic rings. The van der Waals surface area contributed by atoms with E-state index >= 15 is 0 Å². The highest BCUT2D eigenvalue weighted by Crippen LogP contribution is 2.39. The van der Waals surface area contributed by atoms with Crippen LogP contribution in [0.3, 0.4) is 0 Å². The summed E-state index contributed by atoms with van der Waals surface area (Å²) in [7, 11) is 0. The van der Waals surface area contributed by atoms with Crippen LogP contribution in [0.1, 0.15) is 71.5 Å². The Morgan fingerprint density at radius 2 is 1.54 bits per heavy atom. The van der Waals surface area contributed by atoms with E-state index in [-0.39, 0.29) is 49.0 Å². The molecule has 3 atom stereocenters. The SMILES string of the molecule is Nc1ccccc1NC(=O)CCCCC(=O)Nc1ccc(C2OC(CSc3ncccc3C(=O)O)CC(c3ccc(CO)cc3)O2)cc1. The number of hydrogen-bond donors (Lipinski definition) is 5. The molecule has 11 nitrogen and oxygen atoms in total. The molecule has 4 aromatic rings. The number of rotatable bonds is 14. The molecule has 2 heterocycles. The van der Waals surface area contributed by atoms with Crippen molar-refractivity contribution in [2.75, 3.05) is 22.1 Å². The maximum Gasteiger partial charge on any atom is 0.338 e. The number of carbonyl (C=O) groups excluding carboxylic acids is 2. The highest BCUT2D eigenvalue weighted by atomic mass is 32.2. The maximum absolute atomic E-state index is 12.6. The molecule has 0 saturated carbocycles. The Labute approximate surface area is 282 Å². The molecular weight excluding hydrogens is 632 g/mol. The number of nitrogens with zero attached hydrogens (tertiary/aromatic N) is 1. The van der Waals surface area contributed by atoms with Crippen LogP contribution < -0.4 is 16.4 Å². The van der Waals surface area contributed by atoms with Crippen molar-refractivity contribution in [3.8, 4) is 0 Å². The van der Waals surface area contributed by atoms with Gasteiger partial charge in [0.15, 0.2) is 6.29 Å². The van der Waals surface area contributed by atoms with Crippen molar-refractivity contribution in [3.05, 3.63) is 113 Å². The minimum atomic E-state index is -1.04. The van der Waals surface area contributed by atoms with Crippen LogP contribution in [0.15, 0.2) is 96.2 Å². The first-order valence-corrected chi connectivity index (χ1v) is 16.6. The van der Waals surface area contributed by atoms with Crippen LogP contribution in [0, 0.1) is 0 Å². The molecule has 1 fully saturated rings. The third kappa shape index (κ3) is 9.64. The van der Waals surface area contributed by atoms with Crippen LogP contribution in [-0.4, -0.2) is 44.8 Å². The monoisotopic (exact) mass is 670 g/mol. The summed E-state index contributed by atoms with van der Waals surface area (Å²) in [4.78, 5) is 40.8. The first kappa shape index (κ1) is 34.6. The van der Waals surface area contributed by atoms with Gasteiger partial charge in [-0.3, -0.25) is 9.59 Å². The predicted octanol–water partition coefficient (Wildman–Crippen LogP) is 6.33. The van der Waals surface area contributed by atoms with Crippen molar-refractivity contribution >= 4 is 46.6 Å². The van der Waals surface area contributed by atoms with Gasteiger partial charge in [0.25, 0.3) is 0 Å². The number of thioether (sulfide) groups is 1. The molecule has 1 aromatic heterocycles. The highest BCUT2D eigenvalue weighted by Gasteiger charge is 2.32. The molecule has 5 rings (SSSR count). The van der Waals surface area contributed by atoms with E-state index in [0.29, 0.717) is 47.1 Å². The lowest BCUT2D eigenvalue weighted by atomic mass is 10.0. The Morgan fingerprint density at radius 3 is 2.23 bits per heavy atom. The summed E-state index contributed by atoms with van der Waals surface area (Å²) in [6, 6.07) is 25.0. The number of nitrogen functional groups attached to an aromatic ring is 1. The van der Waals surface area contributed by atoms with Crippen molar-refractivity contribution in [1.82, 2.24) is 4.98 Å². The molecular formula is C36H38N4O7S. The lowest BCUT2D eigenvalue weighted by Gasteiger charge is -2.36. The lowest BCUT2D eigenvalue weighted by Crippen LogP contribution is -2.31. The van der Waals surface area contributed by atoms with E-state index in [0.717, 1.165) is 16.7 Å². The number of aliphatic hydroxyl groups is 1. The van der Waals surface area contributed by atoms with Crippen molar-refractivity contribution in [1.29, 1.82) is 0 Å². The zero-order valence-electron chi connectivity index (χ0n) is 26.2. The summed E-state index contributed by atoms with van der Waals surface area (Å²) in [5.74, 6) is -0.886. The molecule has 2 amide bonds. The molecule has 12 heteroatoms. The normalized spacial score (nSPS) is 17.4. The number of unbranched alkanes of at least 4 members (excludes halogenated alkanes) is 1. The molecule has 1 aliphatic heterocycles. The van der Waals surface area contributed by atoms with Crippen molar-refractivity contribution in [2.24, 2.45) is 0 Å². The number of aromatic nitrogens is 1. The molecule has 0 radical (unpaired) electrons. The Hall–Kier alpha value is -4.75. The van der Waals surface area contributed by atoms with Crippen molar-refractivity contribution in [2.45, 2.75) is 62.2 Å². The summed E-state index contributed by atoms with van der Waals surface area (Å²) in [5.41, 5.74) is 10.2. The van der Waals surface area contributed by atoms with Gasteiger partial charge in [0.1, 0.15) is 5.03 Å². The van der Waals surface area contributed by atoms with E-state index in [1.54, 1.807) is 48.7 Å². The summed E-state index contributed by atoms with van der Waals surface area (Å²) >= 11 is 1.32. The number of benzene rings is 3. The molecule has 3 aromatic carbocycles. The number of amides is 2. The molecule has 0 aliphatic carbocycles. The van der Waals surface area contributed by atoms with E-state index in [9.17, 15) is 24.6 Å². The van der Waals surface area contributed by atoms with Crippen molar-refractivity contribution in [3.63, 3.8) is 0 Å². The van der Waals surface area contributed by atoms with Crippen LogP contribution in [-0.2, 0) is 25.7 Å². The van der Waals surface area contributed by atoms with Gasteiger partial charge in [0, 0.05) is 42.5 Å². The number of para-hydroxylation sites is 2. The van der Waals surface area contributed by atoms with Gasteiger partial charge in [0.05, 0.1) is 35.8 Å². The van der Waals surface area contributed by atoms with Crippen LogP contribution in [0.25, 0.3) is 0 Å². The second-order valence-electron chi connectivity index (χ2n) is 11.3. The summed E-state index contributed by atoms with van der Waals surface area (Å²) in [5, 5.41) is 25.1. The Balaban J connectivity index is 1.16. The summed E-state index contributed by atoms with van der Waals surface area (Å²) in [6.45, 7) is -0.0580. The fraction of sp³-hybridized carbons (Fsp3) is 0.278. The number of hydrogen-bond acceptors (Lipinski definition) is 9. The molecule has 48 heavy (non-hydrogen) atoms. The standard InChI is InChI=1S/C36H38N4O7S/c37-29-7-1-2-8-30(29)40-33(43)10-4-3-9-32(42)39-26-17-15-25(16-18-26)36-46-27(22-48-34-28(35(44)45)6-5-19-38-34)20-31(47-36)24-13-11-23(21-41)12-14-24/h1-2,5-8,11-19,27,31,36,41H,3-4,9-10,20-22,37H2,(H,39,42)(H,40,43)(H,44,45). The summed E-state index contributed by atoms with van der Waals surface area (Å²) < 4.78 is 12.8. The van der Waals surface area contributed by atoms with Crippen molar-refractivity contribution < 1.29 is 34.1 Å². The Bertz CT molecular complexity index is 1700. The second-order valence-corrected chi connectivity index (χ2v) is 12.3. The number of carbonyl (C=O) groups is 3. The zero-order valence-corrected chi connectivity index (χ0v) is 27.0. The number of anilines is 3. The van der Waals surface area contributed by atoms with Gasteiger partial charge in [-0.2, -0.15) is 0 Å². The number of ether oxygens (including phenoxy) is 2. The van der Waals surface area contributed by atoms with Gasteiger partial charge in [0.2, 0.25) is 11.8 Å². The van der Waals surface area contributed by atoms with E-state index in [1.807, 2.05) is 36.4 Å². The van der Waals surface area contributed by atoms with Crippen LogP contribution in [0.4, 0.5) is 17.1 Å². The molecule has 1 saturated heterocycles. The maximum atomic E-state index is 12.6. The van der Waals surface area contributed by atoms with E-state index in [2.05, 4.69) is 15.6 Å². The van der Waals surface area contributed by atoms with Gasteiger partial charge in [-0.15, -0.1) is 11.8 Å². The van der Waals surface area contributed by atoms with Gasteiger partial charge in [-0.25, -0.2) is 9.78 Å². The lowest BCUT2D eigenvalue weighted by molar-refractivity contribution is -0.245. The molecule has 3 unspecified atom stereocenters. The topological polar surface area (TPSA) is 173 Å². The van der Waals surface area contributed by atoms with Gasteiger partial charge in [-0.1, -0.05) is 48.5 Å². The second kappa shape index (κ2) is 16.9. The largest absolute Gasteiger partial charge is 0.478 e. The van der Waals surface area contributed by atoms with Crippen LogP contribution >= 0.6 is 11.8 Å². The average molecular weight is 671 g/mol.